The lowest BCUT2D eigenvalue weighted by atomic mass is 10.0. The van der Waals surface area contributed by atoms with Gasteiger partial charge >= 0.3 is 6.18 Å². The number of nitrogens with two attached hydrogens (primary N) is 1. The molecule has 0 aromatic carbocycles. The Morgan fingerprint density at radius 2 is 2.00 bits per heavy atom. The summed E-state index contributed by atoms with van der Waals surface area (Å²) in [5.41, 5.74) is 4.68. The lowest BCUT2D eigenvalue weighted by Gasteiger charge is -2.24. The molecule has 0 saturated carbocycles. The number of halogens is 3. The molecule has 0 saturated heterocycles. The van der Waals surface area contributed by atoms with E-state index in [2.05, 4.69) is 15.0 Å². The van der Waals surface area contributed by atoms with Crippen LogP contribution in [0.2, 0.25) is 0 Å². The smallest absolute Gasteiger partial charge is 0.383 e. The molecule has 0 aliphatic carbocycles. The van der Waals surface area contributed by atoms with Gasteiger partial charge in [0.2, 0.25) is 0 Å². The van der Waals surface area contributed by atoms with Crippen molar-refractivity contribution in [3.63, 3.8) is 0 Å². The zero-order chi connectivity index (χ0) is 19.1. The Bertz CT molecular complexity index is 995. The molecular formula is C17H15F3N4OS. The molecule has 3 heterocycles. The molecule has 5 nitrogen and oxygen atoms in total. The second-order valence-corrected chi connectivity index (χ2v) is 6.89. The third kappa shape index (κ3) is 3.15. The Labute approximate surface area is 151 Å². The van der Waals surface area contributed by atoms with Crippen LogP contribution >= 0.6 is 11.3 Å². The number of hydrogen-bond acceptors (Lipinski definition) is 6. The van der Waals surface area contributed by atoms with E-state index in [4.69, 9.17) is 5.73 Å². The second kappa shape index (κ2) is 6.33. The number of fused-ring (bicyclic) bond motifs is 1. The van der Waals surface area contributed by atoms with Gasteiger partial charge in [-0.05, 0) is 31.2 Å². The number of thiophene rings is 1. The number of aliphatic hydroxyl groups is 1. The van der Waals surface area contributed by atoms with Crippen molar-refractivity contribution in [1.82, 2.24) is 9.97 Å². The normalized spacial score (nSPS) is 14.8. The molecular weight excluding hydrogens is 365 g/mol. The van der Waals surface area contributed by atoms with Gasteiger partial charge in [0.05, 0.1) is 5.69 Å². The van der Waals surface area contributed by atoms with Crippen LogP contribution in [0, 0.1) is 0 Å². The lowest BCUT2D eigenvalue weighted by molar-refractivity contribution is -0.257. The maximum atomic E-state index is 13.1. The van der Waals surface area contributed by atoms with Crippen LogP contribution < -0.4 is 5.73 Å². The molecule has 0 spiro atoms. The minimum absolute atomic E-state index is 0.209. The fraction of sp³-hybridized carbons (Fsp3) is 0.235. The number of aliphatic imine (C=N–C) groups is 1. The first-order chi connectivity index (χ1) is 12.1. The standard InChI is InChI=1S/C17H15F3N4OS/c1-16(25,17(18,19)20)13-6-9-3-4-12(24-15(9)26-13)10-5-11(7-22-2)14(21)23-8-10/h3-8,25H,1-2H3,(H2,21,23). The van der Waals surface area contributed by atoms with E-state index in [0.717, 1.165) is 18.3 Å². The fourth-order valence-corrected chi connectivity index (χ4v) is 3.43. The van der Waals surface area contributed by atoms with Crippen LogP contribution in [0.4, 0.5) is 19.0 Å². The van der Waals surface area contributed by atoms with Crippen LogP contribution in [0.1, 0.15) is 17.4 Å². The number of hydrogen-bond donors (Lipinski definition) is 2. The molecule has 0 bridgehead atoms. The molecule has 3 aromatic rings. The molecule has 0 aliphatic rings. The van der Waals surface area contributed by atoms with Gasteiger partial charge in [0.1, 0.15) is 10.6 Å². The summed E-state index contributed by atoms with van der Waals surface area (Å²) in [6, 6.07) is 6.40. The van der Waals surface area contributed by atoms with E-state index in [1.165, 1.54) is 12.3 Å². The predicted octanol–water partition coefficient (Wildman–Crippen LogP) is 3.76. The van der Waals surface area contributed by atoms with Crippen molar-refractivity contribution in [2.24, 2.45) is 4.99 Å². The Hall–Kier alpha value is -2.52. The first-order valence-corrected chi connectivity index (χ1v) is 8.33. The summed E-state index contributed by atoms with van der Waals surface area (Å²) in [4.78, 5) is 12.6. The summed E-state index contributed by atoms with van der Waals surface area (Å²) in [5.74, 6) is 0.320. The van der Waals surface area contributed by atoms with Crippen LogP contribution in [-0.2, 0) is 5.60 Å². The van der Waals surface area contributed by atoms with Crippen molar-refractivity contribution in [3.8, 4) is 11.3 Å². The topological polar surface area (TPSA) is 84.4 Å². The van der Waals surface area contributed by atoms with Crippen molar-refractivity contribution >= 4 is 33.6 Å². The summed E-state index contributed by atoms with van der Waals surface area (Å²) in [5, 5.41) is 10.4. The number of nitrogen functional groups attached to an aromatic ring is 1. The van der Waals surface area contributed by atoms with Crippen molar-refractivity contribution in [1.29, 1.82) is 0 Å². The number of aromatic nitrogens is 2. The quantitative estimate of drug-likeness (QED) is 0.678. The Morgan fingerprint density at radius 3 is 2.65 bits per heavy atom. The van der Waals surface area contributed by atoms with Crippen LogP contribution in [-0.4, -0.2) is 34.5 Å². The third-order valence-corrected chi connectivity index (χ3v) is 5.18. The monoisotopic (exact) mass is 380 g/mol. The van der Waals surface area contributed by atoms with Crippen molar-refractivity contribution in [2.45, 2.75) is 18.7 Å². The number of rotatable bonds is 3. The van der Waals surface area contributed by atoms with Gasteiger partial charge in [-0.2, -0.15) is 13.2 Å². The van der Waals surface area contributed by atoms with Gasteiger partial charge in [-0.25, -0.2) is 9.97 Å². The number of alkyl halides is 3. The van der Waals surface area contributed by atoms with Crippen molar-refractivity contribution < 1.29 is 18.3 Å². The van der Waals surface area contributed by atoms with Gasteiger partial charge in [-0.3, -0.25) is 4.99 Å². The summed E-state index contributed by atoms with van der Waals surface area (Å²) in [7, 11) is 1.61. The highest BCUT2D eigenvalue weighted by Gasteiger charge is 2.52. The van der Waals surface area contributed by atoms with Gasteiger partial charge in [0.15, 0.2) is 5.60 Å². The Morgan fingerprint density at radius 1 is 1.27 bits per heavy atom. The second-order valence-electron chi connectivity index (χ2n) is 5.86. The minimum atomic E-state index is -4.77. The summed E-state index contributed by atoms with van der Waals surface area (Å²) in [6.45, 7) is 0.735. The molecule has 0 aliphatic heterocycles. The van der Waals surface area contributed by atoms with Crippen LogP contribution in [0.15, 0.2) is 35.5 Å². The number of anilines is 1. The minimum Gasteiger partial charge on any atom is -0.383 e. The highest BCUT2D eigenvalue weighted by Crippen LogP contribution is 2.43. The van der Waals surface area contributed by atoms with Gasteiger partial charge in [-0.1, -0.05) is 0 Å². The SMILES string of the molecule is CN=Cc1cc(-c2ccc3cc(C(C)(O)C(F)(F)F)sc3n2)cnc1N. The molecule has 3 rings (SSSR count). The van der Waals surface area contributed by atoms with Crippen molar-refractivity contribution in [2.75, 3.05) is 12.8 Å². The fourth-order valence-electron chi connectivity index (χ4n) is 2.33. The molecule has 1 atom stereocenters. The third-order valence-electron chi connectivity index (χ3n) is 3.93. The molecule has 3 N–H and O–H groups in total. The maximum Gasteiger partial charge on any atom is 0.421 e. The van der Waals surface area contributed by atoms with Crippen molar-refractivity contribution in [3.05, 3.63) is 40.9 Å². The number of pyridine rings is 2. The van der Waals surface area contributed by atoms with Gasteiger partial charge in [0.25, 0.3) is 0 Å². The molecule has 26 heavy (non-hydrogen) atoms. The first kappa shape index (κ1) is 18.3. The zero-order valence-corrected chi connectivity index (χ0v) is 14.7. The molecule has 0 fully saturated rings. The number of nitrogens with zero attached hydrogens (tertiary/aromatic N) is 3. The molecule has 0 radical (unpaired) electrons. The van der Waals surface area contributed by atoms with Crippen LogP contribution in [0.25, 0.3) is 21.5 Å². The van der Waals surface area contributed by atoms with E-state index in [1.807, 2.05) is 0 Å². The largest absolute Gasteiger partial charge is 0.421 e. The molecule has 1 unspecified atom stereocenters. The first-order valence-electron chi connectivity index (χ1n) is 7.51. The Balaban J connectivity index is 2.07. The van der Waals surface area contributed by atoms with E-state index in [-0.39, 0.29) is 4.88 Å². The molecule has 3 aromatic heterocycles. The highest BCUT2D eigenvalue weighted by atomic mass is 32.1. The highest BCUT2D eigenvalue weighted by molar-refractivity contribution is 7.18. The van der Waals surface area contributed by atoms with Gasteiger partial charge in [-0.15, -0.1) is 11.3 Å². The summed E-state index contributed by atoms with van der Waals surface area (Å²) < 4.78 is 39.2. The average molecular weight is 380 g/mol. The van der Waals surface area contributed by atoms with Gasteiger partial charge in [0, 0.05) is 40.8 Å². The molecule has 0 amide bonds. The van der Waals surface area contributed by atoms with E-state index in [0.29, 0.717) is 32.9 Å². The lowest BCUT2D eigenvalue weighted by Crippen LogP contribution is -2.38. The molecule has 136 valence electrons. The molecule has 9 heteroatoms. The van der Waals surface area contributed by atoms with E-state index in [9.17, 15) is 18.3 Å². The predicted molar refractivity (Wildman–Crippen MR) is 96.4 cm³/mol. The summed E-state index contributed by atoms with van der Waals surface area (Å²) >= 11 is 0.805. The van der Waals surface area contributed by atoms with Crippen LogP contribution in [0.3, 0.4) is 0 Å². The average Bonchev–Trinajstić information content (AvgIpc) is 3.00. The van der Waals surface area contributed by atoms with E-state index in [1.54, 1.807) is 31.5 Å². The maximum absolute atomic E-state index is 13.1. The van der Waals surface area contributed by atoms with Gasteiger partial charge < -0.3 is 10.8 Å². The van der Waals surface area contributed by atoms with E-state index >= 15 is 0 Å². The zero-order valence-electron chi connectivity index (χ0n) is 13.9. The summed E-state index contributed by atoms with van der Waals surface area (Å²) in [6.07, 6.45) is -1.67. The van der Waals surface area contributed by atoms with Crippen LogP contribution in [0.5, 0.6) is 0 Å². The Kier molecular flexibility index (Phi) is 4.45. The van der Waals surface area contributed by atoms with E-state index < -0.39 is 11.8 Å².